The highest BCUT2D eigenvalue weighted by molar-refractivity contribution is 5.61. The lowest BCUT2D eigenvalue weighted by molar-refractivity contribution is 0.568. The van der Waals surface area contributed by atoms with Crippen molar-refractivity contribution in [2.45, 2.75) is 32.2 Å². The van der Waals surface area contributed by atoms with Crippen molar-refractivity contribution >= 4 is 5.69 Å². The summed E-state index contributed by atoms with van der Waals surface area (Å²) in [6.45, 7) is 2.32. The standard InChI is InChI=1S/C14H17N3O/c1-10-5-6-13(7-10)16-12-4-2-3-11(8-12)14-17-15-9-18-14/h2-4,8-10,13,16H,5-7H2,1H3. The minimum Gasteiger partial charge on any atom is -0.423 e. The van der Waals surface area contributed by atoms with Crippen molar-refractivity contribution in [1.29, 1.82) is 0 Å². The molecule has 4 heteroatoms. The van der Waals surface area contributed by atoms with Crippen LogP contribution in [0.3, 0.4) is 0 Å². The van der Waals surface area contributed by atoms with Gasteiger partial charge in [0.25, 0.3) is 0 Å². The van der Waals surface area contributed by atoms with Gasteiger partial charge in [-0.15, -0.1) is 10.2 Å². The van der Waals surface area contributed by atoms with E-state index in [-0.39, 0.29) is 0 Å². The third kappa shape index (κ3) is 2.37. The van der Waals surface area contributed by atoms with Gasteiger partial charge in [-0.25, -0.2) is 0 Å². The largest absolute Gasteiger partial charge is 0.423 e. The van der Waals surface area contributed by atoms with Crippen molar-refractivity contribution in [1.82, 2.24) is 10.2 Å². The highest BCUT2D eigenvalue weighted by Gasteiger charge is 2.20. The molecule has 0 amide bonds. The quantitative estimate of drug-likeness (QED) is 0.898. The molecule has 1 aliphatic carbocycles. The highest BCUT2D eigenvalue weighted by Crippen LogP contribution is 2.28. The van der Waals surface area contributed by atoms with Gasteiger partial charge in [0.05, 0.1) is 0 Å². The van der Waals surface area contributed by atoms with Crippen molar-refractivity contribution in [2.24, 2.45) is 5.92 Å². The maximum Gasteiger partial charge on any atom is 0.247 e. The van der Waals surface area contributed by atoms with E-state index in [2.05, 4.69) is 34.6 Å². The number of rotatable bonds is 3. The Balaban J connectivity index is 1.75. The summed E-state index contributed by atoms with van der Waals surface area (Å²) in [5, 5.41) is 11.2. The number of benzene rings is 1. The van der Waals surface area contributed by atoms with Crippen LogP contribution in [0.2, 0.25) is 0 Å². The van der Waals surface area contributed by atoms with Gasteiger partial charge in [-0.05, 0) is 43.4 Å². The average molecular weight is 243 g/mol. The smallest absolute Gasteiger partial charge is 0.247 e. The van der Waals surface area contributed by atoms with Crippen LogP contribution < -0.4 is 5.32 Å². The van der Waals surface area contributed by atoms with E-state index in [9.17, 15) is 0 Å². The van der Waals surface area contributed by atoms with E-state index < -0.39 is 0 Å². The third-order valence-corrected chi connectivity index (χ3v) is 3.54. The summed E-state index contributed by atoms with van der Waals surface area (Å²) >= 11 is 0. The number of nitrogens with one attached hydrogen (secondary N) is 1. The van der Waals surface area contributed by atoms with Gasteiger partial charge in [0.15, 0.2) is 0 Å². The van der Waals surface area contributed by atoms with E-state index in [4.69, 9.17) is 4.42 Å². The molecule has 2 unspecified atom stereocenters. The lowest BCUT2D eigenvalue weighted by Gasteiger charge is -2.14. The second kappa shape index (κ2) is 4.80. The Morgan fingerprint density at radius 3 is 3.00 bits per heavy atom. The van der Waals surface area contributed by atoms with Gasteiger partial charge in [0, 0.05) is 17.3 Å². The van der Waals surface area contributed by atoms with Crippen LogP contribution in [-0.4, -0.2) is 16.2 Å². The predicted octanol–water partition coefficient (Wildman–Crippen LogP) is 3.34. The Bertz CT molecular complexity index is 510. The van der Waals surface area contributed by atoms with Crippen molar-refractivity contribution in [3.63, 3.8) is 0 Å². The molecule has 1 N–H and O–H groups in total. The molecule has 0 bridgehead atoms. The number of anilines is 1. The van der Waals surface area contributed by atoms with E-state index in [0.29, 0.717) is 11.9 Å². The molecule has 2 atom stereocenters. The average Bonchev–Trinajstić information content (AvgIpc) is 3.01. The summed E-state index contributed by atoms with van der Waals surface area (Å²) in [6.07, 6.45) is 5.19. The molecule has 1 aromatic carbocycles. The summed E-state index contributed by atoms with van der Waals surface area (Å²) in [7, 11) is 0. The van der Waals surface area contributed by atoms with Crippen LogP contribution in [0.4, 0.5) is 5.69 Å². The molecule has 3 rings (SSSR count). The van der Waals surface area contributed by atoms with Gasteiger partial charge < -0.3 is 9.73 Å². The van der Waals surface area contributed by atoms with Gasteiger partial charge in [0.2, 0.25) is 12.3 Å². The molecule has 1 aliphatic rings. The second-order valence-corrected chi connectivity index (χ2v) is 5.08. The van der Waals surface area contributed by atoms with Crippen LogP contribution in [0.25, 0.3) is 11.5 Å². The van der Waals surface area contributed by atoms with Crippen molar-refractivity contribution in [2.75, 3.05) is 5.32 Å². The van der Waals surface area contributed by atoms with Crippen LogP contribution in [0.1, 0.15) is 26.2 Å². The van der Waals surface area contributed by atoms with Gasteiger partial charge in [0.1, 0.15) is 0 Å². The van der Waals surface area contributed by atoms with E-state index in [0.717, 1.165) is 17.2 Å². The molecule has 0 radical (unpaired) electrons. The Morgan fingerprint density at radius 2 is 2.28 bits per heavy atom. The summed E-state index contributed by atoms with van der Waals surface area (Å²) in [5.41, 5.74) is 2.09. The summed E-state index contributed by atoms with van der Waals surface area (Å²) < 4.78 is 5.21. The van der Waals surface area contributed by atoms with Crippen molar-refractivity contribution < 1.29 is 4.42 Å². The fourth-order valence-corrected chi connectivity index (χ4v) is 2.61. The zero-order valence-electron chi connectivity index (χ0n) is 10.5. The minimum atomic E-state index is 0.568. The van der Waals surface area contributed by atoms with Gasteiger partial charge in [-0.1, -0.05) is 13.0 Å². The Labute approximate surface area is 106 Å². The molecule has 1 fully saturated rings. The van der Waals surface area contributed by atoms with Gasteiger partial charge >= 0.3 is 0 Å². The van der Waals surface area contributed by atoms with Crippen LogP contribution in [0.5, 0.6) is 0 Å². The fourth-order valence-electron chi connectivity index (χ4n) is 2.61. The normalized spacial score (nSPS) is 23.2. The number of aromatic nitrogens is 2. The molecule has 0 aliphatic heterocycles. The van der Waals surface area contributed by atoms with E-state index in [1.807, 2.05) is 12.1 Å². The first-order chi connectivity index (χ1) is 8.81. The molecule has 0 saturated heterocycles. The Kier molecular flexibility index (Phi) is 3.00. The number of hydrogen-bond acceptors (Lipinski definition) is 4. The first-order valence-electron chi connectivity index (χ1n) is 6.44. The topological polar surface area (TPSA) is 51.0 Å². The fraction of sp³-hybridized carbons (Fsp3) is 0.429. The lowest BCUT2D eigenvalue weighted by atomic mass is 10.1. The van der Waals surface area contributed by atoms with Gasteiger partial charge in [-0.3, -0.25) is 0 Å². The maximum atomic E-state index is 5.21. The molecule has 1 heterocycles. The van der Waals surface area contributed by atoms with Crippen molar-refractivity contribution in [3.8, 4) is 11.5 Å². The SMILES string of the molecule is CC1CCC(Nc2cccc(-c3nnco3)c2)C1. The molecule has 94 valence electrons. The van der Waals surface area contributed by atoms with Crippen LogP contribution in [-0.2, 0) is 0 Å². The number of nitrogens with zero attached hydrogens (tertiary/aromatic N) is 2. The molecular weight excluding hydrogens is 226 g/mol. The summed E-state index contributed by atoms with van der Waals surface area (Å²) in [6, 6.07) is 8.74. The zero-order chi connectivity index (χ0) is 12.4. The summed E-state index contributed by atoms with van der Waals surface area (Å²) in [4.78, 5) is 0. The minimum absolute atomic E-state index is 0.568. The molecule has 1 aromatic heterocycles. The highest BCUT2D eigenvalue weighted by atomic mass is 16.4. The zero-order valence-corrected chi connectivity index (χ0v) is 10.5. The van der Waals surface area contributed by atoms with Crippen LogP contribution in [0, 0.1) is 5.92 Å². The molecule has 18 heavy (non-hydrogen) atoms. The Morgan fingerprint density at radius 1 is 1.33 bits per heavy atom. The van der Waals surface area contributed by atoms with Crippen LogP contribution in [0.15, 0.2) is 35.1 Å². The molecule has 0 spiro atoms. The predicted molar refractivity (Wildman–Crippen MR) is 70.2 cm³/mol. The second-order valence-electron chi connectivity index (χ2n) is 5.08. The summed E-state index contributed by atoms with van der Waals surface area (Å²) in [5.74, 6) is 1.40. The molecular formula is C14H17N3O. The maximum absolute atomic E-state index is 5.21. The molecule has 4 nitrogen and oxygen atoms in total. The first-order valence-corrected chi connectivity index (χ1v) is 6.44. The monoisotopic (exact) mass is 243 g/mol. The van der Waals surface area contributed by atoms with E-state index >= 15 is 0 Å². The number of hydrogen-bond donors (Lipinski definition) is 1. The molecule has 2 aromatic rings. The van der Waals surface area contributed by atoms with Gasteiger partial charge in [-0.2, -0.15) is 0 Å². The first kappa shape index (κ1) is 11.3. The molecule has 1 saturated carbocycles. The lowest BCUT2D eigenvalue weighted by Crippen LogP contribution is -2.15. The third-order valence-electron chi connectivity index (χ3n) is 3.54. The Hall–Kier alpha value is -1.84. The van der Waals surface area contributed by atoms with E-state index in [1.165, 1.54) is 25.7 Å². The van der Waals surface area contributed by atoms with Crippen LogP contribution >= 0.6 is 0 Å². The van der Waals surface area contributed by atoms with Crippen molar-refractivity contribution in [3.05, 3.63) is 30.7 Å². The van der Waals surface area contributed by atoms with E-state index in [1.54, 1.807) is 0 Å².